The molecular weight excluding hydrogens is 282 g/mol. The van der Waals surface area contributed by atoms with Crippen LogP contribution in [0, 0.1) is 10.1 Å². The molecule has 6 nitrogen and oxygen atoms in total. The van der Waals surface area contributed by atoms with E-state index in [1.165, 1.54) is 12.1 Å². The van der Waals surface area contributed by atoms with Gasteiger partial charge in [0, 0.05) is 11.5 Å². The van der Waals surface area contributed by atoms with Gasteiger partial charge in [0.2, 0.25) is 0 Å². The number of aromatic nitrogens is 1. The predicted molar refractivity (Wildman–Crippen MR) is 85.2 cm³/mol. The summed E-state index contributed by atoms with van der Waals surface area (Å²) in [5, 5.41) is 23.6. The van der Waals surface area contributed by atoms with Gasteiger partial charge in [0.25, 0.3) is 5.69 Å². The number of pyridine rings is 1. The van der Waals surface area contributed by atoms with Gasteiger partial charge in [-0.05, 0) is 12.1 Å². The monoisotopic (exact) mass is 295 g/mol. The normalized spacial score (nSPS) is 10.8. The van der Waals surface area contributed by atoms with E-state index in [-0.39, 0.29) is 12.2 Å². The average molecular weight is 295 g/mol. The van der Waals surface area contributed by atoms with Gasteiger partial charge in [-0.3, -0.25) is 20.4 Å². The molecule has 0 fully saturated rings. The standard InChI is InChI=1S/C16H13N3O3/c1-2-10-18(20)16-11-6-3-4-7-12(11)17-13-8-5-9-14(15(13)16)19(21)22/h2-9,20H,1,10H2. The maximum atomic E-state index is 11.3. The third-order valence-corrected chi connectivity index (χ3v) is 3.41. The van der Waals surface area contributed by atoms with Gasteiger partial charge in [-0.15, -0.1) is 6.58 Å². The van der Waals surface area contributed by atoms with Crippen LogP contribution in [-0.2, 0) is 0 Å². The highest BCUT2D eigenvalue weighted by atomic mass is 16.6. The molecule has 0 radical (unpaired) electrons. The van der Waals surface area contributed by atoms with E-state index in [4.69, 9.17) is 0 Å². The molecule has 0 aliphatic rings. The van der Waals surface area contributed by atoms with E-state index in [0.717, 1.165) is 5.06 Å². The summed E-state index contributed by atoms with van der Waals surface area (Å²) in [5.74, 6) is 0. The van der Waals surface area contributed by atoms with Gasteiger partial charge >= 0.3 is 0 Å². The number of hydrogen-bond donors (Lipinski definition) is 1. The maximum absolute atomic E-state index is 11.3. The smallest absolute Gasteiger partial charge is 0.280 e. The molecule has 1 heterocycles. The van der Waals surface area contributed by atoms with Gasteiger partial charge in [0.05, 0.1) is 28.2 Å². The van der Waals surface area contributed by atoms with Crippen molar-refractivity contribution < 1.29 is 10.1 Å². The Morgan fingerprint density at radius 1 is 1.23 bits per heavy atom. The second kappa shape index (κ2) is 5.42. The van der Waals surface area contributed by atoms with Crippen molar-refractivity contribution in [2.75, 3.05) is 11.6 Å². The fraction of sp³-hybridized carbons (Fsp3) is 0.0625. The molecule has 0 aliphatic heterocycles. The van der Waals surface area contributed by atoms with Gasteiger partial charge < -0.3 is 0 Å². The molecule has 110 valence electrons. The Kier molecular flexibility index (Phi) is 3.44. The molecule has 0 amide bonds. The van der Waals surface area contributed by atoms with Crippen LogP contribution >= 0.6 is 0 Å². The lowest BCUT2D eigenvalue weighted by Crippen LogP contribution is -2.18. The van der Waals surface area contributed by atoms with Crippen LogP contribution < -0.4 is 5.06 Å². The van der Waals surface area contributed by atoms with Gasteiger partial charge in [0.15, 0.2) is 0 Å². The molecule has 6 heteroatoms. The number of fused-ring (bicyclic) bond motifs is 2. The van der Waals surface area contributed by atoms with E-state index in [1.807, 2.05) is 6.07 Å². The third-order valence-electron chi connectivity index (χ3n) is 3.41. The minimum absolute atomic E-state index is 0.0890. The van der Waals surface area contributed by atoms with Gasteiger partial charge in [-0.2, -0.15) is 0 Å². The Hall–Kier alpha value is -2.99. The maximum Gasteiger partial charge on any atom is 0.280 e. The number of anilines is 1. The van der Waals surface area contributed by atoms with Crippen molar-refractivity contribution in [1.82, 2.24) is 4.98 Å². The molecule has 0 unspecified atom stereocenters. The molecule has 2 aromatic carbocycles. The van der Waals surface area contributed by atoms with Gasteiger partial charge in [0.1, 0.15) is 5.39 Å². The lowest BCUT2D eigenvalue weighted by Gasteiger charge is -2.19. The van der Waals surface area contributed by atoms with E-state index >= 15 is 0 Å². The number of nitrogens with zero attached hydrogens (tertiary/aromatic N) is 3. The fourth-order valence-corrected chi connectivity index (χ4v) is 2.53. The zero-order valence-corrected chi connectivity index (χ0v) is 11.6. The van der Waals surface area contributed by atoms with Crippen LogP contribution in [0.2, 0.25) is 0 Å². The van der Waals surface area contributed by atoms with Crippen molar-refractivity contribution in [2.45, 2.75) is 0 Å². The quantitative estimate of drug-likeness (QED) is 0.344. The molecule has 1 aromatic heterocycles. The number of nitro groups is 1. The summed E-state index contributed by atoms with van der Waals surface area (Å²) in [6.45, 7) is 3.74. The van der Waals surface area contributed by atoms with E-state index in [2.05, 4.69) is 11.6 Å². The second-order valence-corrected chi connectivity index (χ2v) is 4.78. The van der Waals surface area contributed by atoms with Crippen molar-refractivity contribution in [2.24, 2.45) is 0 Å². The molecule has 3 aromatic rings. The van der Waals surface area contributed by atoms with Crippen LogP contribution in [0.25, 0.3) is 21.8 Å². The molecule has 0 atom stereocenters. The summed E-state index contributed by atoms with van der Waals surface area (Å²) in [7, 11) is 0. The lowest BCUT2D eigenvalue weighted by molar-refractivity contribution is -0.383. The summed E-state index contributed by atoms with van der Waals surface area (Å²) in [6.07, 6.45) is 1.52. The highest BCUT2D eigenvalue weighted by Gasteiger charge is 2.21. The number of rotatable bonds is 4. The van der Waals surface area contributed by atoms with E-state index in [0.29, 0.717) is 27.5 Å². The van der Waals surface area contributed by atoms with Gasteiger partial charge in [-0.25, -0.2) is 4.98 Å². The summed E-state index contributed by atoms with van der Waals surface area (Å²) in [4.78, 5) is 15.3. The Bertz CT molecular complexity index is 892. The van der Waals surface area contributed by atoms with Crippen LogP contribution in [0.3, 0.4) is 0 Å². The number of benzene rings is 2. The average Bonchev–Trinajstić information content (AvgIpc) is 2.51. The third kappa shape index (κ3) is 2.15. The van der Waals surface area contributed by atoms with E-state index < -0.39 is 4.92 Å². The SMILES string of the molecule is C=CCN(O)c1c2ccccc2nc2cccc([N+](=O)[O-])c12. The summed E-state index contributed by atoms with van der Waals surface area (Å²) in [5.41, 5.74) is 1.40. The number of non-ortho nitro benzene ring substituents is 1. The summed E-state index contributed by atoms with van der Waals surface area (Å²) in [6, 6.07) is 11.9. The Morgan fingerprint density at radius 3 is 2.68 bits per heavy atom. The molecule has 0 saturated heterocycles. The van der Waals surface area contributed by atoms with Crippen molar-refractivity contribution in [3.8, 4) is 0 Å². The molecule has 1 N–H and O–H groups in total. The first-order valence-corrected chi connectivity index (χ1v) is 6.66. The highest BCUT2D eigenvalue weighted by molar-refractivity contribution is 6.11. The molecule has 0 spiro atoms. The second-order valence-electron chi connectivity index (χ2n) is 4.78. The first-order valence-electron chi connectivity index (χ1n) is 6.66. The number of hydrogen-bond acceptors (Lipinski definition) is 5. The zero-order chi connectivity index (χ0) is 15.7. The molecular formula is C16H13N3O3. The fourth-order valence-electron chi connectivity index (χ4n) is 2.53. The van der Waals surface area contributed by atoms with Crippen molar-refractivity contribution in [3.63, 3.8) is 0 Å². The minimum Gasteiger partial charge on any atom is -0.288 e. The van der Waals surface area contributed by atoms with Crippen LogP contribution in [-0.4, -0.2) is 21.7 Å². The zero-order valence-electron chi connectivity index (χ0n) is 11.6. The summed E-state index contributed by atoms with van der Waals surface area (Å²) < 4.78 is 0. The van der Waals surface area contributed by atoms with Crippen molar-refractivity contribution in [1.29, 1.82) is 0 Å². The van der Waals surface area contributed by atoms with E-state index in [9.17, 15) is 15.3 Å². The van der Waals surface area contributed by atoms with Crippen LogP contribution in [0.1, 0.15) is 0 Å². The minimum atomic E-state index is -0.468. The number of nitro benzene ring substituents is 1. The first kappa shape index (κ1) is 14.0. The lowest BCUT2D eigenvalue weighted by atomic mass is 10.1. The highest BCUT2D eigenvalue weighted by Crippen LogP contribution is 2.38. The van der Waals surface area contributed by atoms with Crippen LogP contribution in [0.5, 0.6) is 0 Å². The first-order chi connectivity index (χ1) is 10.6. The molecule has 0 aliphatic carbocycles. The molecule has 0 bridgehead atoms. The predicted octanol–water partition coefficient (Wildman–Crippen LogP) is 3.68. The van der Waals surface area contributed by atoms with Crippen molar-refractivity contribution in [3.05, 3.63) is 65.2 Å². The summed E-state index contributed by atoms with van der Waals surface area (Å²) >= 11 is 0. The Labute approximate surface area is 126 Å². The number of para-hydroxylation sites is 1. The molecule has 3 rings (SSSR count). The Morgan fingerprint density at radius 2 is 1.95 bits per heavy atom. The van der Waals surface area contributed by atoms with E-state index in [1.54, 1.807) is 30.3 Å². The van der Waals surface area contributed by atoms with Crippen LogP contribution in [0.15, 0.2) is 55.1 Å². The largest absolute Gasteiger partial charge is 0.288 e. The molecule has 22 heavy (non-hydrogen) atoms. The number of hydroxylamine groups is 1. The topological polar surface area (TPSA) is 79.5 Å². The van der Waals surface area contributed by atoms with Crippen LogP contribution in [0.4, 0.5) is 11.4 Å². The Balaban J connectivity index is 2.51. The van der Waals surface area contributed by atoms with Crippen molar-refractivity contribution >= 4 is 33.2 Å². The molecule has 0 saturated carbocycles. The van der Waals surface area contributed by atoms with Gasteiger partial charge in [-0.1, -0.05) is 30.3 Å².